The number of likely N-dealkylation sites (tertiary alicyclic amines) is 1. The molecule has 3 N–H and O–H groups in total. The molecular formula is C36H36Cl2FN9O. The summed E-state index contributed by atoms with van der Waals surface area (Å²) in [5.74, 6) is -0.735. The maximum atomic E-state index is 13.9. The number of carbonyl (C=O) groups excluding carboxylic acids is 1. The lowest BCUT2D eigenvalue weighted by Gasteiger charge is -2.40. The zero-order valence-corrected chi connectivity index (χ0v) is 29.1. The Kier molecular flexibility index (Phi) is 9.75. The quantitative estimate of drug-likeness (QED) is 0.147. The molecule has 3 heterocycles. The molecule has 0 aliphatic carbocycles. The zero-order chi connectivity index (χ0) is 34.9. The monoisotopic (exact) mass is 699 g/mol. The number of aromatic nitrogens is 4. The Morgan fingerprint density at radius 2 is 1.80 bits per heavy atom. The second-order valence-electron chi connectivity index (χ2n) is 13.2. The van der Waals surface area contributed by atoms with E-state index in [2.05, 4.69) is 63.0 Å². The third-order valence-corrected chi connectivity index (χ3v) is 9.27. The number of anilines is 4. The number of pyridine rings is 1. The van der Waals surface area contributed by atoms with Crippen LogP contribution in [-0.2, 0) is 4.79 Å². The average molecular weight is 701 g/mol. The lowest BCUT2D eigenvalue weighted by molar-refractivity contribution is -0.114. The number of hydrogen-bond donors (Lipinski definition) is 3. The van der Waals surface area contributed by atoms with Crippen molar-refractivity contribution in [2.45, 2.75) is 58.2 Å². The van der Waals surface area contributed by atoms with Crippen LogP contribution in [0.15, 0.2) is 67.0 Å². The number of hydrogen-bond acceptors (Lipinski definition) is 8. The Morgan fingerprint density at radius 3 is 2.49 bits per heavy atom. The number of nitriles is 1. The Balaban J connectivity index is 1.39. The number of nitrogens with one attached hydrogen (secondary N) is 3. The van der Waals surface area contributed by atoms with Gasteiger partial charge in [0.15, 0.2) is 0 Å². The summed E-state index contributed by atoms with van der Waals surface area (Å²) in [4.78, 5) is 18.8. The number of benzene rings is 3. The lowest BCUT2D eigenvalue weighted by atomic mass is 9.98. The summed E-state index contributed by atoms with van der Waals surface area (Å²) in [5, 5.41) is 29.7. The molecule has 3 aromatic carbocycles. The second kappa shape index (κ2) is 14.0. The summed E-state index contributed by atoms with van der Waals surface area (Å²) in [6.45, 7) is 10.1. The predicted molar refractivity (Wildman–Crippen MR) is 192 cm³/mol. The molecule has 49 heavy (non-hydrogen) atoms. The number of nitrogens with zero attached hydrogens (tertiary/aromatic N) is 6. The third-order valence-electron chi connectivity index (χ3n) is 8.70. The summed E-state index contributed by atoms with van der Waals surface area (Å²) in [6, 6.07) is 17.3. The van der Waals surface area contributed by atoms with E-state index in [1.54, 1.807) is 6.07 Å². The third kappa shape index (κ3) is 7.62. The molecule has 10 nitrogen and oxygen atoms in total. The van der Waals surface area contributed by atoms with Crippen molar-refractivity contribution >= 4 is 62.8 Å². The first kappa shape index (κ1) is 34.1. The van der Waals surface area contributed by atoms with Gasteiger partial charge in [0.05, 0.1) is 45.1 Å². The van der Waals surface area contributed by atoms with Crippen molar-refractivity contribution in [3.8, 4) is 6.07 Å². The first-order chi connectivity index (χ1) is 23.4. The van der Waals surface area contributed by atoms with Crippen molar-refractivity contribution in [3.05, 3.63) is 99.7 Å². The van der Waals surface area contributed by atoms with Crippen LogP contribution < -0.4 is 16.0 Å². The van der Waals surface area contributed by atoms with Gasteiger partial charge in [0, 0.05) is 54.2 Å². The molecule has 0 spiro atoms. The molecule has 0 radical (unpaired) electrons. The normalized spacial score (nSPS) is 14.7. The molecular weight excluding hydrogens is 664 g/mol. The second-order valence-corrected chi connectivity index (χ2v) is 14.0. The number of amides is 1. The minimum Gasteiger partial charge on any atom is -0.373 e. The van der Waals surface area contributed by atoms with Crippen LogP contribution in [0, 0.1) is 17.1 Å². The van der Waals surface area contributed by atoms with E-state index in [4.69, 9.17) is 23.2 Å². The number of fused-ring (bicyclic) bond motifs is 1. The van der Waals surface area contributed by atoms with Gasteiger partial charge in [-0.2, -0.15) is 5.26 Å². The first-order valence-electron chi connectivity index (χ1n) is 15.9. The molecule has 252 valence electrons. The zero-order valence-electron chi connectivity index (χ0n) is 27.6. The van der Waals surface area contributed by atoms with Crippen LogP contribution in [0.2, 0.25) is 10.0 Å². The standard InChI is InChI=1S/C36H36Cl2FN9O/c1-21(49)42-24-7-5-6-22(14-24)34(32-20-48(46-45-32)27-10-12-47(13-11-27)36(2,3)4)44-26-15-28-33(43-25-8-9-31(39)29(37)16-25)23(18-40)19-41-35(28)30(38)17-26/h5-9,14-17,19-20,27,34,44H,10-13H2,1-4H3,(H,41,43)(H,42,49)/t34-/m0/s1. The van der Waals surface area contributed by atoms with E-state index in [0.29, 0.717) is 44.4 Å². The van der Waals surface area contributed by atoms with E-state index in [1.165, 1.54) is 31.3 Å². The minimum atomic E-state index is -0.553. The van der Waals surface area contributed by atoms with Crippen LogP contribution in [-0.4, -0.2) is 49.4 Å². The number of halogens is 3. The van der Waals surface area contributed by atoms with Gasteiger partial charge in [-0.05, 0) is 81.6 Å². The highest BCUT2D eigenvalue weighted by atomic mass is 35.5. The fourth-order valence-electron chi connectivity index (χ4n) is 6.18. The van der Waals surface area contributed by atoms with Crippen LogP contribution in [0.4, 0.5) is 27.1 Å². The molecule has 1 fully saturated rings. The van der Waals surface area contributed by atoms with Crippen LogP contribution in [0.5, 0.6) is 0 Å². The highest BCUT2D eigenvalue weighted by molar-refractivity contribution is 6.36. The van der Waals surface area contributed by atoms with Gasteiger partial charge in [-0.15, -0.1) is 5.10 Å². The van der Waals surface area contributed by atoms with Gasteiger partial charge in [0.25, 0.3) is 0 Å². The molecule has 13 heteroatoms. The maximum absolute atomic E-state index is 13.9. The maximum Gasteiger partial charge on any atom is 0.221 e. The van der Waals surface area contributed by atoms with E-state index < -0.39 is 11.9 Å². The molecule has 1 amide bonds. The van der Waals surface area contributed by atoms with Crippen molar-refractivity contribution in [2.75, 3.05) is 29.0 Å². The molecule has 5 aromatic rings. The fourth-order valence-corrected chi connectivity index (χ4v) is 6.63. The molecule has 0 unspecified atom stereocenters. The van der Waals surface area contributed by atoms with E-state index in [9.17, 15) is 14.4 Å². The molecule has 0 saturated carbocycles. The minimum absolute atomic E-state index is 0.0561. The summed E-state index contributed by atoms with van der Waals surface area (Å²) in [5.41, 5.74) is 4.55. The highest BCUT2D eigenvalue weighted by Gasteiger charge is 2.29. The van der Waals surface area contributed by atoms with Crippen molar-refractivity contribution < 1.29 is 9.18 Å². The van der Waals surface area contributed by atoms with Crippen LogP contribution in [0.3, 0.4) is 0 Å². The van der Waals surface area contributed by atoms with E-state index >= 15 is 0 Å². The van der Waals surface area contributed by atoms with Crippen molar-refractivity contribution in [3.63, 3.8) is 0 Å². The van der Waals surface area contributed by atoms with Crippen molar-refractivity contribution in [1.29, 1.82) is 5.26 Å². The van der Waals surface area contributed by atoms with Gasteiger partial charge in [-0.25, -0.2) is 9.07 Å². The Morgan fingerprint density at radius 1 is 1.04 bits per heavy atom. The molecule has 1 atom stereocenters. The highest BCUT2D eigenvalue weighted by Crippen LogP contribution is 2.38. The molecule has 6 rings (SSSR count). The summed E-state index contributed by atoms with van der Waals surface area (Å²) in [6.07, 6.45) is 5.33. The molecule has 0 bridgehead atoms. The Hall–Kier alpha value is -4.76. The lowest BCUT2D eigenvalue weighted by Crippen LogP contribution is -2.46. The fraction of sp³-hybridized carbons (Fsp3) is 0.306. The summed E-state index contributed by atoms with van der Waals surface area (Å²) < 4.78 is 15.9. The average Bonchev–Trinajstić information content (AvgIpc) is 3.55. The smallest absolute Gasteiger partial charge is 0.221 e. The van der Waals surface area contributed by atoms with E-state index in [0.717, 1.165) is 31.5 Å². The molecule has 1 saturated heterocycles. The van der Waals surface area contributed by atoms with Gasteiger partial charge in [-0.1, -0.05) is 40.5 Å². The largest absolute Gasteiger partial charge is 0.373 e. The number of rotatable bonds is 8. The molecule has 1 aliphatic heterocycles. The van der Waals surface area contributed by atoms with Crippen molar-refractivity contribution in [2.24, 2.45) is 0 Å². The van der Waals surface area contributed by atoms with Gasteiger partial charge in [0.2, 0.25) is 5.91 Å². The van der Waals surface area contributed by atoms with Gasteiger partial charge < -0.3 is 16.0 Å². The predicted octanol–water partition coefficient (Wildman–Crippen LogP) is 8.48. The number of carbonyl (C=O) groups is 1. The SMILES string of the molecule is CC(=O)Nc1cccc([C@H](Nc2cc(Cl)c3ncc(C#N)c(Nc4ccc(F)c(Cl)c4)c3c2)c2cn(C3CCN(C(C)(C)C)CC3)nn2)c1. The van der Waals surface area contributed by atoms with Crippen LogP contribution in [0.25, 0.3) is 10.9 Å². The van der Waals surface area contributed by atoms with Gasteiger partial charge in [0.1, 0.15) is 17.6 Å². The van der Waals surface area contributed by atoms with Crippen LogP contribution >= 0.6 is 23.2 Å². The topological polar surface area (TPSA) is 124 Å². The Labute approximate surface area is 294 Å². The number of piperidine rings is 1. The first-order valence-corrected chi connectivity index (χ1v) is 16.7. The van der Waals surface area contributed by atoms with Crippen LogP contribution in [0.1, 0.15) is 69.4 Å². The van der Waals surface area contributed by atoms with Gasteiger partial charge in [-0.3, -0.25) is 14.7 Å². The van der Waals surface area contributed by atoms with E-state index in [1.807, 2.05) is 41.2 Å². The summed E-state index contributed by atoms with van der Waals surface area (Å²) in [7, 11) is 0. The molecule has 2 aromatic heterocycles. The Bertz CT molecular complexity index is 2060. The molecule has 1 aliphatic rings. The summed E-state index contributed by atoms with van der Waals surface area (Å²) >= 11 is 12.9. The van der Waals surface area contributed by atoms with Crippen molar-refractivity contribution in [1.82, 2.24) is 24.9 Å². The van der Waals surface area contributed by atoms with E-state index in [-0.39, 0.29) is 28.1 Å². The van der Waals surface area contributed by atoms with Gasteiger partial charge >= 0.3 is 0 Å².